The Morgan fingerprint density at radius 2 is 2.13 bits per heavy atom. The molecular weight excluding hydrogens is 298 g/mol. The Balaban J connectivity index is 2.17. The summed E-state index contributed by atoms with van der Waals surface area (Å²) in [5, 5.41) is 15.9. The van der Waals surface area contributed by atoms with E-state index in [0.29, 0.717) is 17.1 Å². The number of amides is 1. The van der Waals surface area contributed by atoms with Crippen LogP contribution in [-0.2, 0) is 9.53 Å². The van der Waals surface area contributed by atoms with Crippen molar-refractivity contribution in [2.24, 2.45) is 0 Å². The summed E-state index contributed by atoms with van der Waals surface area (Å²) in [7, 11) is 0. The lowest BCUT2D eigenvalue weighted by molar-refractivity contribution is -0.121. The van der Waals surface area contributed by atoms with Crippen LogP contribution in [0, 0.1) is 6.92 Å². The number of anilines is 1. The van der Waals surface area contributed by atoms with Gasteiger partial charge in [0.05, 0.1) is 23.7 Å². The van der Waals surface area contributed by atoms with Gasteiger partial charge in [0.25, 0.3) is 0 Å². The number of carboxylic acid groups (broad SMARTS) is 1. The Morgan fingerprint density at radius 3 is 2.74 bits per heavy atom. The molecule has 7 heteroatoms. The largest absolute Gasteiger partial charge is 0.478 e. The number of benzene rings is 1. The third-order valence-electron chi connectivity index (χ3n) is 3.16. The van der Waals surface area contributed by atoms with Gasteiger partial charge in [0, 0.05) is 5.69 Å². The standard InChI is InChI=1S/C16H19N3O4/c1-10(2)23-9-15(20)18-12-5-4-6-13(7-12)19-11(3)14(8-17-19)16(21)22/h4-8,10H,9H2,1-3H3,(H,18,20)(H,21,22). The third-order valence-corrected chi connectivity index (χ3v) is 3.16. The van der Waals surface area contributed by atoms with E-state index in [1.165, 1.54) is 10.9 Å². The van der Waals surface area contributed by atoms with Crippen LogP contribution in [0.3, 0.4) is 0 Å². The first-order valence-corrected chi connectivity index (χ1v) is 7.18. The highest BCUT2D eigenvalue weighted by atomic mass is 16.5. The number of carboxylic acids is 1. The minimum atomic E-state index is -1.02. The van der Waals surface area contributed by atoms with Gasteiger partial charge in [-0.05, 0) is 39.0 Å². The summed E-state index contributed by atoms with van der Waals surface area (Å²) >= 11 is 0. The molecule has 1 aromatic heterocycles. The van der Waals surface area contributed by atoms with Crippen LogP contribution >= 0.6 is 0 Å². The van der Waals surface area contributed by atoms with Gasteiger partial charge in [-0.25, -0.2) is 9.48 Å². The summed E-state index contributed by atoms with van der Waals surface area (Å²) in [5.74, 6) is -1.27. The first kappa shape index (κ1) is 16.7. The topological polar surface area (TPSA) is 93.5 Å². The number of nitrogens with zero attached hydrogens (tertiary/aromatic N) is 2. The van der Waals surface area contributed by atoms with Gasteiger partial charge < -0.3 is 15.2 Å². The second-order valence-corrected chi connectivity index (χ2v) is 5.32. The van der Waals surface area contributed by atoms with Gasteiger partial charge in [0.2, 0.25) is 5.91 Å². The van der Waals surface area contributed by atoms with Gasteiger partial charge >= 0.3 is 5.97 Å². The number of carbonyl (C=O) groups excluding carboxylic acids is 1. The highest BCUT2D eigenvalue weighted by Crippen LogP contribution is 2.18. The van der Waals surface area contributed by atoms with Crippen LogP contribution in [0.25, 0.3) is 5.69 Å². The molecule has 0 radical (unpaired) electrons. The lowest BCUT2D eigenvalue weighted by atomic mass is 10.2. The molecule has 2 aromatic rings. The number of ether oxygens (including phenoxy) is 1. The molecule has 0 bridgehead atoms. The van der Waals surface area contributed by atoms with Crippen LogP contribution in [-0.4, -0.2) is 39.5 Å². The average molecular weight is 317 g/mol. The van der Waals surface area contributed by atoms with Crippen LogP contribution < -0.4 is 5.32 Å². The van der Waals surface area contributed by atoms with Crippen LogP contribution in [0.5, 0.6) is 0 Å². The highest BCUT2D eigenvalue weighted by Gasteiger charge is 2.14. The zero-order valence-corrected chi connectivity index (χ0v) is 13.2. The molecule has 23 heavy (non-hydrogen) atoms. The molecule has 2 N–H and O–H groups in total. The van der Waals surface area contributed by atoms with Crippen LogP contribution in [0.15, 0.2) is 30.5 Å². The maximum Gasteiger partial charge on any atom is 0.339 e. The van der Waals surface area contributed by atoms with Crippen molar-refractivity contribution in [1.82, 2.24) is 9.78 Å². The molecule has 0 aliphatic rings. The lowest BCUT2D eigenvalue weighted by Gasteiger charge is -2.10. The number of nitrogens with one attached hydrogen (secondary N) is 1. The Hall–Kier alpha value is -2.67. The summed E-state index contributed by atoms with van der Waals surface area (Å²) in [4.78, 5) is 22.9. The van der Waals surface area contributed by atoms with Crippen molar-refractivity contribution in [2.45, 2.75) is 26.9 Å². The molecule has 122 valence electrons. The molecule has 7 nitrogen and oxygen atoms in total. The van der Waals surface area contributed by atoms with Crippen LogP contribution in [0.4, 0.5) is 5.69 Å². The van der Waals surface area contributed by atoms with Crippen molar-refractivity contribution < 1.29 is 19.4 Å². The van der Waals surface area contributed by atoms with Gasteiger partial charge in [0.1, 0.15) is 12.2 Å². The number of aromatic nitrogens is 2. The fourth-order valence-corrected chi connectivity index (χ4v) is 2.03. The maximum absolute atomic E-state index is 11.8. The number of hydrogen-bond acceptors (Lipinski definition) is 4. The minimum absolute atomic E-state index is 0.0201. The molecular formula is C16H19N3O4. The molecule has 0 fully saturated rings. The zero-order chi connectivity index (χ0) is 17.0. The Bertz CT molecular complexity index is 722. The van der Waals surface area contributed by atoms with E-state index in [0.717, 1.165) is 0 Å². The molecule has 0 spiro atoms. The van der Waals surface area contributed by atoms with Crippen LogP contribution in [0.1, 0.15) is 29.9 Å². The number of rotatable bonds is 6. The number of hydrogen-bond donors (Lipinski definition) is 2. The molecule has 1 heterocycles. The predicted octanol–water partition coefficient (Wildman–Crippen LogP) is 2.24. The number of aromatic carboxylic acids is 1. The Labute approximate surface area is 133 Å². The summed E-state index contributed by atoms with van der Waals surface area (Å²) in [5.41, 5.74) is 1.91. The van der Waals surface area contributed by atoms with Crippen molar-refractivity contribution in [1.29, 1.82) is 0 Å². The summed E-state index contributed by atoms with van der Waals surface area (Å²) in [6.45, 7) is 5.37. The average Bonchev–Trinajstić information content (AvgIpc) is 2.87. The smallest absolute Gasteiger partial charge is 0.339 e. The summed E-state index contributed by atoms with van der Waals surface area (Å²) in [6.07, 6.45) is 1.28. The molecule has 2 rings (SSSR count). The quantitative estimate of drug-likeness (QED) is 0.852. The summed E-state index contributed by atoms with van der Waals surface area (Å²) < 4.78 is 6.76. The molecule has 1 amide bonds. The van der Waals surface area contributed by atoms with Crippen molar-refractivity contribution >= 4 is 17.6 Å². The SMILES string of the molecule is Cc1c(C(=O)O)cnn1-c1cccc(NC(=O)COC(C)C)c1. The van der Waals surface area contributed by atoms with E-state index in [-0.39, 0.29) is 24.2 Å². The minimum Gasteiger partial charge on any atom is -0.478 e. The molecule has 0 atom stereocenters. The fourth-order valence-electron chi connectivity index (χ4n) is 2.03. The number of carbonyl (C=O) groups is 2. The van der Waals surface area contributed by atoms with E-state index in [1.54, 1.807) is 31.2 Å². The van der Waals surface area contributed by atoms with E-state index < -0.39 is 5.97 Å². The van der Waals surface area contributed by atoms with Gasteiger partial charge in [-0.15, -0.1) is 0 Å². The van der Waals surface area contributed by atoms with Crippen molar-refractivity contribution in [3.8, 4) is 5.69 Å². The van der Waals surface area contributed by atoms with E-state index >= 15 is 0 Å². The van der Waals surface area contributed by atoms with Gasteiger partial charge in [-0.2, -0.15) is 5.10 Å². The van der Waals surface area contributed by atoms with E-state index in [1.807, 2.05) is 13.8 Å². The first-order valence-electron chi connectivity index (χ1n) is 7.18. The monoisotopic (exact) mass is 317 g/mol. The molecule has 0 aliphatic heterocycles. The lowest BCUT2D eigenvalue weighted by Crippen LogP contribution is -2.20. The van der Waals surface area contributed by atoms with E-state index in [2.05, 4.69) is 10.4 Å². The van der Waals surface area contributed by atoms with Gasteiger partial charge in [-0.1, -0.05) is 6.07 Å². The Kier molecular flexibility index (Phi) is 5.13. The molecule has 1 aromatic carbocycles. The summed E-state index contributed by atoms with van der Waals surface area (Å²) in [6, 6.07) is 7.01. The van der Waals surface area contributed by atoms with Crippen molar-refractivity contribution in [3.05, 3.63) is 41.7 Å². The molecule has 0 saturated carbocycles. The zero-order valence-electron chi connectivity index (χ0n) is 13.2. The van der Waals surface area contributed by atoms with Crippen molar-refractivity contribution in [2.75, 3.05) is 11.9 Å². The van der Waals surface area contributed by atoms with Gasteiger partial charge in [-0.3, -0.25) is 4.79 Å². The van der Waals surface area contributed by atoms with Gasteiger partial charge in [0.15, 0.2) is 0 Å². The highest BCUT2D eigenvalue weighted by molar-refractivity contribution is 5.92. The fraction of sp³-hybridized carbons (Fsp3) is 0.312. The van der Waals surface area contributed by atoms with Crippen LogP contribution in [0.2, 0.25) is 0 Å². The third kappa shape index (κ3) is 4.17. The van der Waals surface area contributed by atoms with Crippen molar-refractivity contribution in [3.63, 3.8) is 0 Å². The Morgan fingerprint density at radius 1 is 1.39 bits per heavy atom. The second-order valence-electron chi connectivity index (χ2n) is 5.32. The normalized spacial score (nSPS) is 10.8. The predicted molar refractivity (Wildman–Crippen MR) is 85.0 cm³/mol. The maximum atomic E-state index is 11.8. The molecule has 0 aliphatic carbocycles. The molecule has 0 unspecified atom stereocenters. The van der Waals surface area contributed by atoms with E-state index in [4.69, 9.17) is 9.84 Å². The first-order chi connectivity index (χ1) is 10.9. The van der Waals surface area contributed by atoms with E-state index in [9.17, 15) is 9.59 Å². The molecule has 0 saturated heterocycles. The second kappa shape index (κ2) is 7.06.